The molecule has 1 heterocycles. The molecule has 90 valence electrons. The van der Waals surface area contributed by atoms with Gasteiger partial charge in [0.05, 0.1) is 5.69 Å². The third-order valence-corrected chi connectivity index (χ3v) is 3.03. The van der Waals surface area contributed by atoms with Crippen molar-refractivity contribution in [2.75, 3.05) is 0 Å². The van der Waals surface area contributed by atoms with Gasteiger partial charge in [-0.1, -0.05) is 25.1 Å². The zero-order valence-corrected chi connectivity index (χ0v) is 10.9. The molecule has 0 aliphatic carbocycles. The first-order chi connectivity index (χ1) is 8.18. The Balaban J connectivity index is 2.29. The summed E-state index contributed by atoms with van der Waals surface area (Å²) in [6.45, 7) is 4.22. The predicted octanol–water partition coefficient (Wildman–Crippen LogP) is 3.99. The van der Waals surface area contributed by atoms with Gasteiger partial charge in [-0.3, -0.25) is 0 Å². The molecule has 2 rings (SSSR count). The second kappa shape index (κ2) is 5.37. The van der Waals surface area contributed by atoms with Crippen LogP contribution < -0.4 is 0 Å². The minimum absolute atomic E-state index is 0.184. The first-order valence-electron chi connectivity index (χ1n) is 5.92. The molecule has 2 aromatic rings. The van der Waals surface area contributed by atoms with Crippen LogP contribution in [0.1, 0.15) is 31.9 Å². The van der Waals surface area contributed by atoms with Gasteiger partial charge in [0.1, 0.15) is 0 Å². The van der Waals surface area contributed by atoms with E-state index in [2.05, 4.69) is 30.2 Å². The fraction of sp³-hybridized carbons (Fsp3) is 0.357. The molecule has 0 spiro atoms. The van der Waals surface area contributed by atoms with Crippen LogP contribution in [0.5, 0.6) is 0 Å². The quantitative estimate of drug-likeness (QED) is 0.748. The smallest absolute Gasteiger partial charge is 0.0648 e. The zero-order chi connectivity index (χ0) is 12.3. The van der Waals surface area contributed by atoms with Crippen molar-refractivity contribution < 1.29 is 0 Å². The summed E-state index contributed by atoms with van der Waals surface area (Å²) in [6.07, 6.45) is 2.80. The molecule has 2 atom stereocenters. The van der Waals surface area contributed by atoms with Gasteiger partial charge >= 0.3 is 0 Å². The second-order valence-electron chi connectivity index (χ2n) is 4.42. The van der Waals surface area contributed by atoms with E-state index in [1.807, 2.05) is 36.0 Å². The van der Waals surface area contributed by atoms with Gasteiger partial charge in [0.2, 0.25) is 0 Å². The van der Waals surface area contributed by atoms with Gasteiger partial charge in [-0.25, -0.2) is 4.68 Å². The molecule has 0 saturated heterocycles. The summed E-state index contributed by atoms with van der Waals surface area (Å²) in [5.41, 5.74) is 2.31. The normalized spacial score (nSPS) is 14.5. The highest BCUT2D eigenvalue weighted by Crippen LogP contribution is 2.24. The van der Waals surface area contributed by atoms with Crippen LogP contribution in [0.2, 0.25) is 0 Å². The number of halogens is 1. The number of alkyl halides is 1. The molecule has 0 bridgehead atoms. The highest BCUT2D eigenvalue weighted by atomic mass is 35.5. The van der Waals surface area contributed by atoms with Crippen LogP contribution in [-0.4, -0.2) is 15.2 Å². The summed E-state index contributed by atoms with van der Waals surface area (Å²) in [4.78, 5) is 0. The fourth-order valence-corrected chi connectivity index (χ4v) is 2.35. The molecule has 2 unspecified atom stereocenters. The summed E-state index contributed by atoms with van der Waals surface area (Å²) in [7, 11) is 0. The van der Waals surface area contributed by atoms with Crippen molar-refractivity contribution in [1.82, 2.24) is 9.78 Å². The summed E-state index contributed by atoms with van der Waals surface area (Å²) in [5, 5.41) is 4.57. The van der Waals surface area contributed by atoms with E-state index in [9.17, 15) is 0 Å². The Hall–Kier alpha value is -1.28. The summed E-state index contributed by atoms with van der Waals surface area (Å²) >= 11 is 6.06. The van der Waals surface area contributed by atoms with Gasteiger partial charge in [0.15, 0.2) is 0 Å². The van der Waals surface area contributed by atoms with Crippen LogP contribution in [0, 0.1) is 0 Å². The number of rotatable bonds is 4. The number of para-hydroxylation sites is 1. The van der Waals surface area contributed by atoms with Crippen LogP contribution in [0.4, 0.5) is 0 Å². The number of hydrogen-bond donors (Lipinski definition) is 0. The van der Waals surface area contributed by atoms with E-state index in [1.165, 1.54) is 5.69 Å². The Morgan fingerprint density at radius 3 is 2.53 bits per heavy atom. The van der Waals surface area contributed by atoms with E-state index in [1.54, 1.807) is 0 Å². The van der Waals surface area contributed by atoms with E-state index in [0.29, 0.717) is 5.92 Å². The van der Waals surface area contributed by atoms with Crippen molar-refractivity contribution in [3.05, 3.63) is 48.3 Å². The first kappa shape index (κ1) is 12.2. The highest BCUT2D eigenvalue weighted by Gasteiger charge is 2.14. The van der Waals surface area contributed by atoms with Crippen molar-refractivity contribution in [1.29, 1.82) is 0 Å². The van der Waals surface area contributed by atoms with Gasteiger partial charge in [0, 0.05) is 17.3 Å². The Morgan fingerprint density at radius 2 is 1.88 bits per heavy atom. The molecule has 1 aromatic carbocycles. The Labute approximate surface area is 107 Å². The van der Waals surface area contributed by atoms with Crippen molar-refractivity contribution >= 4 is 11.6 Å². The lowest BCUT2D eigenvalue weighted by Gasteiger charge is -2.15. The molecule has 3 heteroatoms. The molecule has 0 aliphatic rings. The van der Waals surface area contributed by atoms with Crippen LogP contribution >= 0.6 is 11.6 Å². The predicted molar refractivity (Wildman–Crippen MR) is 71.9 cm³/mol. The molecular formula is C14H17ClN2. The highest BCUT2D eigenvalue weighted by molar-refractivity contribution is 6.20. The maximum atomic E-state index is 6.06. The standard InChI is InChI=1S/C14H17ClN2/c1-11(10-12(2)15)14-8-9-16-17(14)13-6-4-3-5-7-13/h3-9,11-12H,10H2,1-2H3. The molecule has 2 nitrogen and oxygen atoms in total. The minimum atomic E-state index is 0.184. The van der Waals surface area contributed by atoms with Crippen molar-refractivity contribution in [2.45, 2.75) is 31.6 Å². The minimum Gasteiger partial charge on any atom is -0.238 e. The summed E-state index contributed by atoms with van der Waals surface area (Å²) in [5.74, 6) is 0.408. The largest absolute Gasteiger partial charge is 0.238 e. The van der Waals surface area contributed by atoms with E-state index < -0.39 is 0 Å². The Bertz CT molecular complexity index is 462. The van der Waals surface area contributed by atoms with Crippen molar-refractivity contribution in [3.63, 3.8) is 0 Å². The maximum Gasteiger partial charge on any atom is 0.0648 e. The third-order valence-electron chi connectivity index (χ3n) is 2.86. The molecule has 0 N–H and O–H groups in total. The van der Waals surface area contributed by atoms with Crippen LogP contribution in [0.15, 0.2) is 42.6 Å². The lowest BCUT2D eigenvalue weighted by molar-refractivity contribution is 0.624. The van der Waals surface area contributed by atoms with Crippen LogP contribution in [0.3, 0.4) is 0 Å². The van der Waals surface area contributed by atoms with Crippen molar-refractivity contribution in [3.8, 4) is 5.69 Å². The number of aromatic nitrogens is 2. The van der Waals surface area contributed by atoms with Gasteiger partial charge in [0.25, 0.3) is 0 Å². The van der Waals surface area contributed by atoms with Crippen molar-refractivity contribution in [2.24, 2.45) is 0 Å². The lowest BCUT2D eigenvalue weighted by atomic mass is 10.0. The first-order valence-corrected chi connectivity index (χ1v) is 6.35. The van der Waals surface area contributed by atoms with E-state index in [0.717, 1.165) is 12.1 Å². The lowest BCUT2D eigenvalue weighted by Crippen LogP contribution is -2.08. The zero-order valence-electron chi connectivity index (χ0n) is 10.2. The third kappa shape index (κ3) is 2.89. The summed E-state index contributed by atoms with van der Waals surface area (Å²) < 4.78 is 1.99. The van der Waals surface area contributed by atoms with Gasteiger partial charge in [-0.15, -0.1) is 11.6 Å². The number of nitrogens with zero attached hydrogens (tertiary/aromatic N) is 2. The number of benzene rings is 1. The van der Waals surface area contributed by atoms with E-state index in [4.69, 9.17) is 11.6 Å². The SMILES string of the molecule is CC(Cl)CC(C)c1ccnn1-c1ccccc1. The van der Waals surface area contributed by atoms with E-state index in [-0.39, 0.29) is 5.38 Å². The molecule has 17 heavy (non-hydrogen) atoms. The van der Waals surface area contributed by atoms with Gasteiger partial charge in [-0.05, 0) is 37.5 Å². The van der Waals surface area contributed by atoms with Gasteiger partial charge < -0.3 is 0 Å². The molecule has 0 radical (unpaired) electrons. The van der Waals surface area contributed by atoms with E-state index >= 15 is 0 Å². The van der Waals surface area contributed by atoms with Crippen LogP contribution in [-0.2, 0) is 0 Å². The fourth-order valence-electron chi connectivity index (χ4n) is 2.08. The molecule has 0 saturated carbocycles. The molecule has 0 fully saturated rings. The summed E-state index contributed by atoms with van der Waals surface area (Å²) in [6, 6.07) is 12.2. The average Bonchev–Trinajstić information content (AvgIpc) is 2.78. The molecular weight excluding hydrogens is 232 g/mol. The molecule has 0 amide bonds. The monoisotopic (exact) mass is 248 g/mol. The molecule has 1 aromatic heterocycles. The Morgan fingerprint density at radius 1 is 1.18 bits per heavy atom. The Kier molecular flexibility index (Phi) is 3.85. The number of hydrogen-bond acceptors (Lipinski definition) is 1. The van der Waals surface area contributed by atoms with Crippen LogP contribution in [0.25, 0.3) is 5.69 Å². The van der Waals surface area contributed by atoms with Gasteiger partial charge in [-0.2, -0.15) is 5.10 Å². The maximum absolute atomic E-state index is 6.06. The topological polar surface area (TPSA) is 17.8 Å². The average molecular weight is 249 g/mol. The second-order valence-corrected chi connectivity index (χ2v) is 5.17. The molecule has 0 aliphatic heterocycles.